The molecule has 1 rings (SSSR count). The Kier molecular flexibility index (Phi) is 5.41. The highest BCUT2D eigenvalue weighted by molar-refractivity contribution is 5.95. The maximum atomic E-state index is 12.4. The van der Waals surface area contributed by atoms with Crippen LogP contribution in [0, 0.1) is 0 Å². The molecule has 0 aromatic carbocycles. The van der Waals surface area contributed by atoms with Crippen LogP contribution in [0.25, 0.3) is 0 Å². The summed E-state index contributed by atoms with van der Waals surface area (Å²) in [7, 11) is 0. The number of carbonyl (C=O) groups excluding carboxylic acids is 2. The molecule has 1 aromatic heterocycles. The summed E-state index contributed by atoms with van der Waals surface area (Å²) < 4.78 is 6.63. The fourth-order valence-electron chi connectivity index (χ4n) is 1.83. The van der Waals surface area contributed by atoms with E-state index in [4.69, 9.17) is 10.5 Å². The molecule has 1 aromatic rings. The monoisotopic (exact) mass is 267 g/mol. The molecule has 0 saturated carbocycles. The predicted molar refractivity (Wildman–Crippen MR) is 72.7 cm³/mol. The van der Waals surface area contributed by atoms with Crippen LogP contribution in [-0.4, -0.2) is 41.0 Å². The number of anilines is 1. The normalized spacial score (nSPS) is 10.3. The third-order valence-corrected chi connectivity index (χ3v) is 2.77. The van der Waals surface area contributed by atoms with E-state index in [2.05, 4.69) is 0 Å². The van der Waals surface area contributed by atoms with Crippen molar-refractivity contribution in [3.8, 4) is 0 Å². The van der Waals surface area contributed by atoms with E-state index in [1.54, 1.807) is 23.8 Å². The van der Waals surface area contributed by atoms with E-state index in [-0.39, 0.29) is 12.5 Å². The lowest BCUT2D eigenvalue weighted by Gasteiger charge is -2.20. The molecule has 6 nitrogen and oxygen atoms in total. The van der Waals surface area contributed by atoms with Gasteiger partial charge in [0, 0.05) is 19.3 Å². The van der Waals surface area contributed by atoms with Crippen molar-refractivity contribution in [2.75, 3.05) is 25.4 Å². The molecule has 1 amide bonds. The first-order chi connectivity index (χ1) is 9.03. The number of likely N-dealkylation sites (N-methyl/N-ethyl adjacent to an activating group) is 1. The number of hydrogen-bond acceptors (Lipinski definition) is 4. The molecular weight excluding hydrogens is 246 g/mol. The third kappa shape index (κ3) is 3.74. The van der Waals surface area contributed by atoms with Gasteiger partial charge >= 0.3 is 5.97 Å². The first-order valence-corrected chi connectivity index (χ1v) is 6.43. The Morgan fingerprint density at radius 3 is 2.58 bits per heavy atom. The first-order valence-electron chi connectivity index (χ1n) is 6.43. The molecule has 2 N–H and O–H groups in total. The number of nitrogen functional groups attached to an aromatic ring is 1. The van der Waals surface area contributed by atoms with Gasteiger partial charge < -0.3 is 19.9 Å². The van der Waals surface area contributed by atoms with Gasteiger partial charge in [-0.05, 0) is 26.8 Å². The Morgan fingerprint density at radius 2 is 2.05 bits per heavy atom. The second kappa shape index (κ2) is 6.82. The summed E-state index contributed by atoms with van der Waals surface area (Å²) >= 11 is 0. The zero-order chi connectivity index (χ0) is 14.4. The first kappa shape index (κ1) is 15.1. The third-order valence-electron chi connectivity index (χ3n) is 2.77. The molecule has 6 heteroatoms. The number of carbonyl (C=O) groups is 2. The Hall–Kier alpha value is -1.98. The summed E-state index contributed by atoms with van der Waals surface area (Å²) in [6.07, 6.45) is 1.71. The van der Waals surface area contributed by atoms with E-state index in [9.17, 15) is 9.59 Å². The van der Waals surface area contributed by atoms with E-state index in [0.29, 0.717) is 31.1 Å². The summed E-state index contributed by atoms with van der Waals surface area (Å²) in [5.74, 6) is -0.616. The van der Waals surface area contributed by atoms with Crippen LogP contribution in [0.5, 0.6) is 0 Å². The largest absolute Gasteiger partial charge is 0.465 e. The highest BCUT2D eigenvalue weighted by atomic mass is 16.5. The number of aromatic nitrogens is 1. The van der Waals surface area contributed by atoms with Crippen LogP contribution in [0.3, 0.4) is 0 Å². The standard InChI is InChI=1S/C13H21N3O3/c1-4-15-8-10(14)7-11(15)13(18)16(5-2)9-12(17)19-6-3/h7-8H,4-6,9,14H2,1-3H3. The minimum Gasteiger partial charge on any atom is -0.465 e. The molecule has 0 fully saturated rings. The summed E-state index contributed by atoms with van der Waals surface area (Å²) in [5, 5.41) is 0. The fourth-order valence-corrected chi connectivity index (χ4v) is 1.83. The van der Waals surface area contributed by atoms with Crippen molar-refractivity contribution < 1.29 is 14.3 Å². The molecule has 106 valence electrons. The van der Waals surface area contributed by atoms with Crippen molar-refractivity contribution in [1.82, 2.24) is 9.47 Å². The summed E-state index contributed by atoms with van der Waals surface area (Å²) in [6, 6.07) is 1.62. The van der Waals surface area contributed by atoms with Gasteiger partial charge in [0.05, 0.1) is 12.3 Å². The minimum atomic E-state index is -0.403. The number of rotatable bonds is 6. The molecule has 0 saturated heterocycles. The van der Waals surface area contributed by atoms with E-state index in [1.165, 1.54) is 4.90 Å². The highest BCUT2D eigenvalue weighted by Gasteiger charge is 2.21. The second-order valence-corrected chi connectivity index (χ2v) is 4.07. The molecule has 0 aliphatic rings. The number of nitrogens with two attached hydrogens (primary N) is 1. The van der Waals surface area contributed by atoms with Gasteiger partial charge in [0.2, 0.25) is 0 Å². The van der Waals surface area contributed by atoms with E-state index < -0.39 is 5.97 Å². The minimum absolute atomic E-state index is 0.0437. The van der Waals surface area contributed by atoms with Gasteiger partial charge in [-0.3, -0.25) is 9.59 Å². The fraction of sp³-hybridized carbons (Fsp3) is 0.538. The second-order valence-electron chi connectivity index (χ2n) is 4.07. The van der Waals surface area contributed by atoms with Crippen LogP contribution in [0.4, 0.5) is 5.69 Å². The van der Waals surface area contributed by atoms with Gasteiger partial charge in [-0.15, -0.1) is 0 Å². The van der Waals surface area contributed by atoms with Gasteiger partial charge in [0.15, 0.2) is 0 Å². The number of ether oxygens (including phenoxy) is 1. The average Bonchev–Trinajstić information content (AvgIpc) is 2.76. The molecule has 0 radical (unpaired) electrons. The van der Waals surface area contributed by atoms with Gasteiger partial charge in [-0.25, -0.2) is 0 Å². The van der Waals surface area contributed by atoms with Crippen molar-refractivity contribution >= 4 is 17.6 Å². The van der Waals surface area contributed by atoms with Crippen molar-refractivity contribution in [1.29, 1.82) is 0 Å². The molecule has 0 atom stereocenters. The maximum absolute atomic E-state index is 12.4. The SMILES string of the molecule is CCOC(=O)CN(CC)C(=O)c1cc(N)cn1CC. The number of nitrogens with zero attached hydrogens (tertiary/aromatic N) is 2. The maximum Gasteiger partial charge on any atom is 0.325 e. The van der Waals surface area contributed by atoms with Crippen molar-refractivity contribution in [2.24, 2.45) is 0 Å². The van der Waals surface area contributed by atoms with Crippen molar-refractivity contribution in [2.45, 2.75) is 27.3 Å². The van der Waals surface area contributed by atoms with E-state index >= 15 is 0 Å². The Bertz CT molecular complexity index is 454. The van der Waals surface area contributed by atoms with Gasteiger partial charge in [0.25, 0.3) is 5.91 Å². The van der Waals surface area contributed by atoms with Crippen LogP contribution in [0.1, 0.15) is 31.3 Å². The number of aryl methyl sites for hydroxylation is 1. The lowest BCUT2D eigenvalue weighted by atomic mass is 10.3. The summed E-state index contributed by atoms with van der Waals surface area (Å²) in [6.45, 7) is 6.83. The van der Waals surface area contributed by atoms with Crippen molar-refractivity contribution in [3.63, 3.8) is 0 Å². The average molecular weight is 267 g/mol. The topological polar surface area (TPSA) is 77.6 Å². The molecule has 0 spiro atoms. The van der Waals surface area contributed by atoms with Gasteiger partial charge in [0.1, 0.15) is 12.2 Å². The lowest BCUT2D eigenvalue weighted by Crippen LogP contribution is -2.37. The molecule has 0 aliphatic carbocycles. The zero-order valence-electron chi connectivity index (χ0n) is 11.7. The van der Waals surface area contributed by atoms with Crippen molar-refractivity contribution in [3.05, 3.63) is 18.0 Å². The summed E-state index contributed by atoms with van der Waals surface area (Å²) in [5.41, 5.74) is 6.73. The Balaban J connectivity index is 2.85. The van der Waals surface area contributed by atoms with Gasteiger partial charge in [-0.1, -0.05) is 0 Å². The quantitative estimate of drug-likeness (QED) is 0.783. The number of hydrogen-bond donors (Lipinski definition) is 1. The van der Waals surface area contributed by atoms with E-state index in [0.717, 1.165) is 0 Å². The molecule has 0 unspecified atom stereocenters. The number of esters is 1. The highest BCUT2D eigenvalue weighted by Crippen LogP contribution is 2.13. The number of amides is 1. The summed E-state index contributed by atoms with van der Waals surface area (Å²) in [4.78, 5) is 25.3. The lowest BCUT2D eigenvalue weighted by molar-refractivity contribution is -0.143. The molecule has 19 heavy (non-hydrogen) atoms. The predicted octanol–water partition coefficient (Wildman–Crippen LogP) is 1.12. The molecular formula is C13H21N3O3. The Labute approximate surface area is 113 Å². The smallest absolute Gasteiger partial charge is 0.325 e. The van der Waals surface area contributed by atoms with Crippen LogP contribution in [0.2, 0.25) is 0 Å². The molecule has 1 heterocycles. The van der Waals surface area contributed by atoms with Crippen LogP contribution in [-0.2, 0) is 16.1 Å². The molecule has 0 aliphatic heterocycles. The molecule has 0 bridgehead atoms. The zero-order valence-corrected chi connectivity index (χ0v) is 11.7. The van der Waals surface area contributed by atoms with Crippen LogP contribution >= 0.6 is 0 Å². The van der Waals surface area contributed by atoms with Crippen LogP contribution < -0.4 is 5.73 Å². The van der Waals surface area contributed by atoms with Gasteiger partial charge in [-0.2, -0.15) is 0 Å². The van der Waals surface area contributed by atoms with Crippen LogP contribution in [0.15, 0.2) is 12.3 Å². The Morgan fingerprint density at radius 1 is 1.37 bits per heavy atom. The van der Waals surface area contributed by atoms with E-state index in [1.807, 2.05) is 13.8 Å².